The highest BCUT2D eigenvalue weighted by Gasteiger charge is 2.21. The normalized spacial score (nSPS) is 14.7. The quantitative estimate of drug-likeness (QED) is 0.538. The van der Waals surface area contributed by atoms with Crippen LogP contribution in [0.2, 0.25) is 0 Å². The number of carbonyl (C=O) groups excluding carboxylic acids is 1. The number of benzene rings is 1. The van der Waals surface area contributed by atoms with Gasteiger partial charge in [0.1, 0.15) is 5.52 Å². The lowest BCUT2D eigenvalue weighted by Crippen LogP contribution is -2.26. The average Bonchev–Trinajstić information content (AvgIpc) is 3.46. The zero-order valence-corrected chi connectivity index (χ0v) is 17.4. The summed E-state index contributed by atoms with van der Waals surface area (Å²) < 4.78 is 7.56. The van der Waals surface area contributed by atoms with E-state index in [2.05, 4.69) is 24.7 Å². The van der Waals surface area contributed by atoms with E-state index in [0.29, 0.717) is 18.2 Å². The Morgan fingerprint density at radius 1 is 1.19 bits per heavy atom. The first-order chi connectivity index (χ1) is 15.2. The van der Waals surface area contributed by atoms with E-state index in [-0.39, 0.29) is 5.91 Å². The van der Waals surface area contributed by atoms with E-state index in [0.717, 1.165) is 54.0 Å². The summed E-state index contributed by atoms with van der Waals surface area (Å²) >= 11 is 0. The summed E-state index contributed by atoms with van der Waals surface area (Å²) in [6, 6.07) is 12.1. The summed E-state index contributed by atoms with van der Waals surface area (Å²) in [6.07, 6.45) is 7.13. The number of H-pyrrole nitrogens is 1. The Kier molecular flexibility index (Phi) is 5.21. The monoisotopic (exact) mass is 416 g/mol. The highest BCUT2D eigenvalue weighted by molar-refractivity contribution is 5.96. The van der Waals surface area contributed by atoms with Gasteiger partial charge in [0, 0.05) is 44.6 Å². The van der Waals surface area contributed by atoms with Gasteiger partial charge in [-0.05, 0) is 24.5 Å². The molecule has 4 heterocycles. The Morgan fingerprint density at radius 3 is 2.81 bits per heavy atom. The highest BCUT2D eigenvalue weighted by Crippen LogP contribution is 2.26. The number of rotatable bonds is 5. The fourth-order valence-electron chi connectivity index (χ4n) is 4.10. The van der Waals surface area contributed by atoms with Crippen molar-refractivity contribution < 1.29 is 9.53 Å². The van der Waals surface area contributed by atoms with Crippen molar-refractivity contribution >= 4 is 17.1 Å². The zero-order valence-electron chi connectivity index (χ0n) is 17.4. The number of carbonyl (C=O) groups is 1. The first kappa shape index (κ1) is 19.4. The number of nitrogens with zero attached hydrogens (tertiary/aromatic N) is 5. The fourth-order valence-corrected chi connectivity index (χ4v) is 4.10. The molecule has 158 valence electrons. The summed E-state index contributed by atoms with van der Waals surface area (Å²) in [5.41, 5.74) is 4.99. The topological polar surface area (TPSA) is 88.9 Å². The smallest absolute Gasteiger partial charge is 0.255 e. The third kappa shape index (κ3) is 3.82. The van der Waals surface area contributed by atoms with E-state index in [1.54, 1.807) is 24.3 Å². The van der Waals surface area contributed by atoms with Gasteiger partial charge in [0.15, 0.2) is 5.65 Å². The van der Waals surface area contributed by atoms with Gasteiger partial charge < -0.3 is 14.2 Å². The third-order valence-corrected chi connectivity index (χ3v) is 5.78. The van der Waals surface area contributed by atoms with Crippen molar-refractivity contribution in [3.63, 3.8) is 0 Å². The Bertz CT molecular complexity index is 1190. The van der Waals surface area contributed by atoms with Gasteiger partial charge in [-0.3, -0.25) is 9.89 Å². The average molecular weight is 416 g/mol. The third-order valence-electron chi connectivity index (χ3n) is 5.78. The van der Waals surface area contributed by atoms with E-state index in [9.17, 15) is 4.79 Å². The number of ether oxygens (including phenoxy) is 1. The molecule has 0 saturated carbocycles. The zero-order chi connectivity index (χ0) is 21.2. The molecule has 0 unspecified atom stereocenters. The highest BCUT2D eigenvalue weighted by atomic mass is 16.5. The number of fused-ring (bicyclic) bond motifs is 1. The van der Waals surface area contributed by atoms with Crippen LogP contribution in [0, 0.1) is 0 Å². The second-order valence-electron chi connectivity index (χ2n) is 7.86. The molecule has 4 aromatic rings. The first-order valence-electron chi connectivity index (χ1n) is 10.4. The summed E-state index contributed by atoms with van der Waals surface area (Å²) in [7, 11) is 1.79. The van der Waals surface area contributed by atoms with Crippen LogP contribution in [0.3, 0.4) is 0 Å². The molecule has 0 radical (unpaired) electrons. The van der Waals surface area contributed by atoms with Crippen molar-refractivity contribution in [1.82, 2.24) is 29.6 Å². The Morgan fingerprint density at radius 2 is 2.00 bits per heavy atom. The summed E-state index contributed by atoms with van der Waals surface area (Å²) in [6.45, 7) is 1.95. The lowest BCUT2D eigenvalue weighted by molar-refractivity contribution is 0.0704. The number of hydrogen-bond donors (Lipinski definition) is 1. The van der Waals surface area contributed by atoms with Crippen LogP contribution in [0.1, 0.15) is 34.8 Å². The molecule has 1 saturated heterocycles. The molecule has 1 aliphatic heterocycles. The molecule has 8 nitrogen and oxygen atoms in total. The largest absolute Gasteiger partial charge is 0.381 e. The van der Waals surface area contributed by atoms with Gasteiger partial charge in [-0.25, -0.2) is 9.97 Å². The molecule has 1 amide bonds. The van der Waals surface area contributed by atoms with E-state index in [1.807, 2.05) is 42.7 Å². The van der Waals surface area contributed by atoms with E-state index >= 15 is 0 Å². The minimum atomic E-state index is -0.102. The van der Waals surface area contributed by atoms with E-state index in [4.69, 9.17) is 4.74 Å². The van der Waals surface area contributed by atoms with Gasteiger partial charge in [-0.2, -0.15) is 5.10 Å². The molecule has 1 N–H and O–H groups in total. The van der Waals surface area contributed by atoms with Crippen LogP contribution in [0.15, 0.2) is 55.1 Å². The number of aromatic amines is 1. The molecule has 0 atom stereocenters. The standard InChI is InChI=1S/C23H24N6O2/c1-28(14-18-13-26-27-21(18)16-5-3-2-4-6-16)23(30)17-11-20-22(24-12-17)29(15-25-20)19-7-9-31-10-8-19/h2-6,11-13,15,19H,7-10,14H2,1H3,(H,26,27). The molecule has 8 heteroatoms. The van der Waals surface area contributed by atoms with Crippen LogP contribution < -0.4 is 0 Å². The molecular weight excluding hydrogens is 392 g/mol. The minimum absolute atomic E-state index is 0.102. The minimum Gasteiger partial charge on any atom is -0.381 e. The molecule has 0 spiro atoms. The van der Waals surface area contributed by atoms with Gasteiger partial charge in [-0.15, -0.1) is 0 Å². The van der Waals surface area contributed by atoms with Crippen LogP contribution >= 0.6 is 0 Å². The van der Waals surface area contributed by atoms with Crippen molar-refractivity contribution in [3.8, 4) is 11.3 Å². The predicted molar refractivity (Wildman–Crippen MR) is 116 cm³/mol. The number of aromatic nitrogens is 5. The number of hydrogen-bond acceptors (Lipinski definition) is 5. The van der Waals surface area contributed by atoms with Crippen LogP contribution in [-0.2, 0) is 11.3 Å². The van der Waals surface area contributed by atoms with Crippen LogP contribution in [0.25, 0.3) is 22.4 Å². The SMILES string of the molecule is CN(Cc1cn[nH]c1-c1ccccc1)C(=O)c1cnc2c(c1)ncn2C1CCOCC1. The predicted octanol–water partition coefficient (Wildman–Crippen LogP) is 3.45. The van der Waals surface area contributed by atoms with Crippen molar-refractivity contribution in [2.45, 2.75) is 25.4 Å². The molecule has 31 heavy (non-hydrogen) atoms. The molecule has 1 aliphatic rings. The number of amides is 1. The summed E-state index contributed by atoms with van der Waals surface area (Å²) in [4.78, 5) is 23.8. The number of imidazole rings is 1. The van der Waals surface area contributed by atoms with Gasteiger partial charge in [0.25, 0.3) is 5.91 Å². The van der Waals surface area contributed by atoms with Crippen molar-refractivity contribution in [2.24, 2.45) is 0 Å². The lowest BCUT2D eigenvalue weighted by atomic mass is 10.1. The van der Waals surface area contributed by atoms with Crippen molar-refractivity contribution in [2.75, 3.05) is 20.3 Å². The Balaban J connectivity index is 1.35. The second kappa shape index (κ2) is 8.31. The molecule has 0 aliphatic carbocycles. The van der Waals surface area contributed by atoms with Gasteiger partial charge >= 0.3 is 0 Å². The number of nitrogens with one attached hydrogen (secondary N) is 1. The van der Waals surface area contributed by atoms with Gasteiger partial charge in [0.05, 0.1) is 23.8 Å². The maximum atomic E-state index is 13.1. The Labute approximate surface area is 179 Å². The molecule has 1 aromatic carbocycles. The molecule has 5 rings (SSSR count). The van der Waals surface area contributed by atoms with Crippen LogP contribution in [0.4, 0.5) is 0 Å². The van der Waals surface area contributed by atoms with Crippen LogP contribution in [-0.4, -0.2) is 55.8 Å². The van der Waals surface area contributed by atoms with E-state index in [1.165, 1.54) is 0 Å². The maximum absolute atomic E-state index is 13.1. The van der Waals surface area contributed by atoms with Crippen molar-refractivity contribution in [3.05, 3.63) is 66.2 Å². The van der Waals surface area contributed by atoms with Crippen molar-refractivity contribution in [1.29, 1.82) is 0 Å². The molecule has 3 aromatic heterocycles. The lowest BCUT2D eigenvalue weighted by Gasteiger charge is -2.23. The number of pyridine rings is 1. The molecule has 1 fully saturated rings. The second-order valence-corrected chi connectivity index (χ2v) is 7.86. The summed E-state index contributed by atoms with van der Waals surface area (Å²) in [5, 5.41) is 7.22. The van der Waals surface area contributed by atoms with Gasteiger partial charge in [-0.1, -0.05) is 30.3 Å². The summed E-state index contributed by atoms with van der Waals surface area (Å²) in [5.74, 6) is -0.102. The Hall–Kier alpha value is -3.52. The van der Waals surface area contributed by atoms with Gasteiger partial charge in [0.2, 0.25) is 0 Å². The molecule has 0 bridgehead atoms. The molecular formula is C23H24N6O2. The fraction of sp³-hybridized carbons (Fsp3) is 0.304. The maximum Gasteiger partial charge on any atom is 0.255 e. The van der Waals surface area contributed by atoms with Crippen LogP contribution in [0.5, 0.6) is 0 Å². The first-order valence-corrected chi connectivity index (χ1v) is 10.4. The van der Waals surface area contributed by atoms with E-state index < -0.39 is 0 Å².